The van der Waals surface area contributed by atoms with Crippen LogP contribution >= 0.6 is 0 Å². The maximum Gasteiger partial charge on any atom is 0.274 e. The van der Waals surface area contributed by atoms with E-state index in [0.29, 0.717) is 18.3 Å². The van der Waals surface area contributed by atoms with Gasteiger partial charge in [-0.2, -0.15) is 0 Å². The Bertz CT molecular complexity index is 531. The van der Waals surface area contributed by atoms with Gasteiger partial charge >= 0.3 is 0 Å². The molecule has 0 aliphatic carbocycles. The van der Waals surface area contributed by atoms with E-state index < -0.39 is 0 Å². The highest BCUT2D eigenvalue weighted by atomic mass is 16.5. The molecule has 2 atom stereocenters. The van der Waals surface area contributed by atoms with E-state index in [-0.39, 0.29) is 18.1 Å². The number of hydrogen-bond acceptors (Lipinski definition) is 5. The minimum absolute atomic E-state index is 0.0276. The standard InChI is InChI=1S/C16H24N4O2/c1-11(2)20-6-7-22-15-4-5-19(10-14(15)20)16(21)13-9-17-12(3)8-18-13/h8-9,11,14-15H,4-7,10H2,1-3H3/t14-,15-/m0/s1. The van der Waals surface area contributed by atoms with Crippen LogP contribution in [0.3, 0.4) is 0 Å². The number of hydrogen-bond donors (Lipinski definition) is 0. The molecule has 6 nitrogen and oxygen atoms in total. The molecular weight excluding hydrogens is 280 g/mol. The highest BCUT2D eigenvalue weighted by Gasteiger charge is 2.39. The van der Waals surface area contributed by atoms with Gasteiger partial charge in [-0.05, 0) is 27.2 Å². The van der Waals surface area contributed by atoms with Crippen molar-refractivity contribution in [2.45, 2.75) is 45.4 Å². The molecule has 0 saturated carbocycles. The Morgan fingerprint density at radius 1 is 1.32 bits per heavy atom. The third-order valence-corrected chi connectivity index (χ3v) is 4.58. The van der Waals surface area contributed by atoms with Crippen LogP contribution in [0.15, 0.2) is 12.4 Å². The van der Waals surface area contributed by atoms with Crippen molar-refractivity contribution in [3.8, 4) is 0 Å². The van der Waals surface area contributed by atoms with Crippen molar-refractivity contribution in [2.75, 3.05) is 26.2 Å². The number of morpholine rings is 1. The number of aryl methyl sites for hydroxylation is 1. The zero-order valence-electron chi connectivity index (χ0n) is 13.5. The van der Waals surface area contributed by atoms with Crippen LogP contribution in [-0.2, 0) is 4.74 Å². The topological polar surface area (TPSA) is 58.6 Å². The van der Waals surface area contributed by atoms with Crippen LogP contribution in [0.25, 0.3) is 0 Å². The second kappa shape index (κ2) is 6.30. The molecule has 3 heterocycles. The molecule has 2 aliphatic heterocycles. The van der Waals surface area contributed by atoms with E-state index >= 15 is 0 Å². The summed E-state index contributed by atoms with van der Waals surface area (Å²) in [6.07, 6.45) is 4.34. The lowest BCUT2D eigenvalue weighted by atomic mass is 9.97. The van der Waals surface area contributed by atoms with E-state index in [1.165, 1.54) is 0 Å². The van der Waals surface area contributed by atoms with E-state index in [1.807, 2.05) is 11.8 Å². The molecule has 0 bridgehead atoms. The number of amides is 1. The van der Waals surface area contributed by atoms with Gasteiger partial charge < -0.3 is 9.64 Å². The second-order valence-electron chi connectivity index (χ2n) is 6.39. The fraction of sp³-hybridized carbons (Fsp3) is 0.688. The molecule has 1 amide bonds. The summed E-state index contributed by atoms with van der Waals surface area (Å²) in [5.74, 6) is -0.0276. The largest absolute Gasteiger partial charge is 0.375 e. The van der Waals surface area contributed by atoms with Crippen LogP contribution in [0.5, 0.6) is 0 Å². The highest BCUT2D eigenvalue weighted by Crippen LogP contribution is 2.25. The molecular formula is C16H24N4O2. The van der Waals surface area contributed by atoms with Gasteiger partial charge in [0.1, 0.15) is 5.69 Å². The number of carbonyl (C=O) groups is 1. The Kier molecular flexibility index (Phi) is 4.40. The molecule has 0 aromatic carbocycles. The molecule has 0 spiro atoms. The van der Waals surface area contributed by atoms with Crippen LogP contribution in [0.1, 0.15) is 36.5 Å². The average molecular weight is 304 g/mol. The zero-order valence-corrected chi connectivity index (χ0v) is 13.5. The lowest BCUT2D eigenvalue weighted by Gasteiger charge is -2.48. The summed E-state index contributed by atoms with van der Waals surface area (Å²) in [6, 6.07) is 0.746. The highest BCUT2D eigenvalue weighted by molar-refractivity contribution is 5.92. The fourth-order valence-electron chi connectivity index (χ4n) is 3.39. The number of fused-ring (bicyclic) bond motifs is 1. The number of aromatic nitrogens is 2. The van der Waals surface area contributed by atoms with Crippen LogP contribution in [0, 0.1) is 6.92 Å². The Balaban J connectivity index is 1.73. The molecule has 6 heteroatoms. The first-order chi connectivity index (χ1) is 10.6. The first-order valence-electron chi connectivity index (χ1n) is 8.01. The van der Waals surface area contributed by atoms with Crippen molar-refractivity contribution < 1.29 is 9.53 Å². The van der Waals surface area contributed by atoms with E-state index in [4.69, 9.17) is 4.74 Å². The molecule has 3 rings (SSSR count). The van der Waals surface area contributed by atoms with Gasteiger partial charge in [-0.15, -0.1) is 0 Å². The summed E-state index contributed by atoms with van der Waals surface area (Å²) in [4.78, 5) is 25.4. The number of ether oxygens (including phenoxy) is 1. The molecule has 22 heavy (non-hydrogen) atoms. The summed E-state index contributed by atoms with van der Waals surface area (Å²) in [7, 11) is 0. The Labute approximate surface area is 131 Å². The van der Waals surface area contributed by atoms with Gasteiger partial charge in [-0.1, -0.05) is 0 Å². The Hall–Kier alpha value is -1.53. The number of carbonyl (C=O) groups excluding carboxylic acids is 1. The molecule has 1 aromatic rings. The van der Waals surface area contributed by atoms with Gasteiger partial charge in [0.05, 0.1) is 30.6 Å². The molecule has 0 N–H and O–H groups in total. The maximum absolute atomic E-state index is 12.6. The first kappa shape index (κ1) is 15.4. The number of rotatable bonds is 2. The van der Waals surface area contributed by atoms with E-state index in [9.17, 15) is 4.79 Å². The van der Waals surface area contributed by atoms with E-state index in [2.05, 4.69) is 28.7 Å². The lowest BCUT2D eigenvalue weighted by Crippen LogP contribution is -2.62. The van der Waals surface area contributed by atoms with Gasteiger partial charge in [-0.3, -0.25) is 14.7 Å². The van der Waals surface area contributed by atoms with Crippen molar-refractivity contribution in [3.63, 3.8) is 0 Å². The van der Waals surface area contributed by atoms with Crippen LogP contribution < -0.4 is 0 Å². The van der Waals surface area contributed by atoms with Crippen molar-refractivity contribution in [3.05, 3.63) is 23.8 Å². The molecule has 2 saturated heterocycles. The van der Waals surface area contributed by atoms with Gasteiger partial charge in [0, 0.05) is 31.9 Å². The van der Waals surface area contributed by atoms with Crippen LogP contribution in [0.2, 0.25) is 0 Å². The summed E-state index contributed by atoms with van der Waals surface area (Å²) < 4.78 is 5.90. The quantitative estimate of drug-likeness (QED) is 0.819. The molecule has 2 aliphatic rings. The third-order valence-electron chi connectivity index (χ3n) is 4.58. The smallest absolute Gasteiger partial charge is 0.274 e. The Morgan fingerprint density at radius 3 is 2.82 bits per heavy atom. The minimum Gasteiger partial charge on any atom is -0.375 e. The molecule has 0 radical (unpaired) electrons. The van der Waals surface area contributed by atoms with Crippen molar-refractivity contribution in [2.24, 2.45) is 0 Å². The zero-order chi connectivity index (χ0) is 15.7. The van der Waals surface area contributed by atoms with E-state index in [1.54, 1.807) is 12.4 Å². The number of likely N-dealkylation sites (tertiary alicyclic amines) is 1. The van der Waals surface area contributed by atoms with Crippen LogP contribution in [-0.4, -0.2) is 70.1 Å². The second-order valence-corrected chi connectivity index (χ2v) is 6.39. The first-order valence-corrected chi connectivity index (χ1v) is 8.01. The van der Waals surface area contributed by atoms with Crippen molar-refractivity contribution in [1.29, 1.82) is 0 Å². The average Bonchev–Trinajstić information content (AvgIpc) is 2.53. The Morgan fingerprint density at radius 2 is 2.14 bits per heavy atom. The third kappa shape index (κ3) is 2.98. The summed E-state index contributed by atoms with van der Waals surface area (Å²) in [6.45, 7) is 9.43. The van der Waals surface area contributed by atoms with Crippen LogP contribution in [0.4, 0.5) is 0 Å². The molecule has 2 fully saturated rings. The monoisotopic (exact) mass is 304 g/mol. The van der Waals surface area contributed by atoms with Gasteiger partial charge in [0.25, 0.3) is 5.91 Å². The van der Waals surface area contributed by atoms with Crippen molar-refractivity contribution in [1.82, 2.24) is 19.8 Å². The summed E-state index contributed by atoms with van der Waals surface area (Å²) >= 11 is 0. The maximum atomic E-state index is 12.6. The predicted molar refractivity (Wildman–Crippen MR) is 82.7 cm³/mol. The SMILES string of the molecule is Cc1cnc(C(=O)N2CC[C@@H]3OCCN(C(C)C)[C@H]3C2)cn1. The van der Waals surface area contributed by atoms with E-state index in [0.717, 1.165) is 31.8 Å². The lowest BCUT2D eigenvalue weighted by molar-refractivity contribution is -0.107. The summed E-state index contributed by atoms with van der Waals surface area (Å²) in [5.41, 5.74) is 1.25. The normalized spacial score (nSPS) is 26.1. The molecule has 120 valence electrons. The van der Waals surface area contributed by atoms with Gasteiger partial charge in [-0.25, -0.2) is 4.98 Å². The van der Waals surface area contributed by atoms with Gasteiger partial charge in [0.15, 0.2) is 0 Å². The number of nitrogens with zero attached hydrogens (tertiary/aromatic N) is 4. The van der Waals surface area contributed by atoms with Crippen molar-refractivity contribution >= 4 is 5.91 Å². The summed E-state index contributed by atoms with van der Waals surface area (Å²) in [5, 5.41) is 0. The fourth-order valence-corrected chi connectivity index (χ4v) is 3.39. The molecule has 0 unspecified atom stereocenters. The number of piperidine rings is 1. The minimum atomic E-state index is -0.0276. The predicted octanol–water partition coefficient (Wildman–Crippen LogP) is 1.11. The van der Waals surface area contributed by atoms with Gasteiger partial charge in [0.2, 0.25) is 0 Å². The molecule has 1 aromatic heterocycles.